The average Bonchev–Trinajstić information content (AvgIpc) is 2.45. The zero-order valence-corrected chi connectivity index (χ0v) is 12.0. The standard InChI is InChI=1S/C13H19F2NO5/c1-3-21-11(18)7-10(17)8-4-5-16(13(19)20-2)9(6-8)12(14)15/h8-9,12H,3-7H2,1-2H3/t8-,9+/m1/s1. The van der Waals surface area contributed by atoms with Crippen LogP contribution in [0.15, 0.2) is 0 Å². The van der Waals surface area contributed by atoms with Gasteiger partial charge in [0.15, 0.2) is 0 Å². The predicted octanol–water partition coefficient (Wildman–Crippen LogP) is 1.62. The normalized spacial score (nSPS) is 22.0. The molecule has 0 radical (unpaired) electrons. The maximum absolute atomic E-state index is 13.0. The molecule has 1 saturated heterocycles. The lowest BCUT2D eigenvalue weighted by atomic mass is 9.86. The Hall–Kier alpha value is -1.73. The van der Waals surface area contributed by atoms with Gasteiger partial charge in [-0.1, -0.05) is 0 Å². The van der Waals surface area contributed by atoms with Gasteiger partial charge in [-0.15, -0.1) is 0 Å². The molecule has 1 rings (SSSR count). The van der Waals surface area contributed by atoms with E-state index >= 15 is 0 Å². The molecule has 2 atom stereocenters. The predicted molar refractivity (Wildman–Crippen MR) is 67.9 cm³/mol. The smallest absolute Gasteiger partial charge is 0.409 e. The van der Waals surface area contributed by atoms with Gasteiger partial charge in [-0.05, 0) is 19.8 Å². The molecule has 6 nitrogen and oxygen atoms in total. The molecule has 21 heavy (non-hydrogen) atoms. The Morgan fingerprint density at radius 1 is 1.33 bits per heavy atom. The number of hydrogen-bond acceptors (Lipinski definition) is 5. The largest absolute Gasteiger partial charge is 0.466 e. The van der Waals surface area contributed by atoms with Crippen LogP contribution in [0.4, 0.5) is 13.6 Å². The van der Waals surface area contributed by atoms with Crippen LogP contribution in [0.5, 0.6) is 0 Å². The summed E-state index contributed by atoms with van der Waals surface area (Å²) in [5.41, 5.74) is 0. The molecule has 1 fully saturated rings. The first-order valence-corrected chi connectivity index (χ1v) is 6.71. The van der Waals surface area contributed by atoms with Crippen LogP contribution in [0.2, 0.25) is 0 Å². The van der Waals surface area contributed by atoms with Crippen molar-refractivity contribution in [2.24, 2.45) is 5.92 Å². The van der Waals surface area contributed by atoms with Crippen LogP contribution in [0.3, 0.4) is 0 Å². The van der Waals surface area contributed by atoms with Crippen LogP contribution in [-0.2, 0) is 19.1 Å². The number of carbonyl (C=O) groups excluding carboxylic acids is 3. The number of likely N-dealkylation sites (tertiary alicyclic amines) is 1. The SMILES string of the molecule is CCOC(=O)CC(=O)[C@@H]1CCN(C(=O)OC)[C@H](C(F)F)C1. The molecule has 0 unspecified atom stereocenters. The van der Waals surface area contributed by atoms with Crippen LogP contribution in [0.1, 0.15) is 26.2 Å². The van der Waals surface area contributed by atoms with E-state index in [0.717, 1.165) is 12.0 Å². The Labute approximate surface area is 121 Å². The molecule has 0 spiro atoms. The molecule has 0 N–H and O–H groups in total. The monoisotopic (exact) mass is 307 g/mol. The number of methoxy groups -OCH3 is 1. The first-order valence-electron chi connectivity index (χ1n) is 6.71. The van der Waals surface area contributed by atoms with E-state index in [9.17, 15) is 23.2 Å². The maximum atomic E-state index is 13.0. The summed E-state index contributed by atoms with van der Waals surface area (Å²) in [5.74, 6) is -1.76. The van der Waals surface area contributed by atoms with Gasteiger partial charge in [-0.2, -0.15) is 0 Å². The Morgan fingerprint density at radius 3 is 2.52 bits per heavy atom. The number of amides is 1. The summed E-state index contributed by atoms with van der Waals surface area (Å²) in [4.78, 5) is 35.5. The fourth-order valence-corrected chi connectivity index (χ4v) is 2.37. The van der Waals surface area contributed by atoms with Crippen molar-refractivity contribution in [1.82, 2.24) is 4.90 Å². The Balaban J connectivity index is 2.67. The first-order chi connectivity index (χ1) is 9.90. The molecule has 1 heterocycles. The van der Waals surface area contributed by atoms with E-state index in [2.05, 4.69) is 9.47 Å². The Kier molecular flexibility index (Phi) is 6.51. The third-order valence-corrected chi connectivity index (χ3v) is 3.42. The van der Waals surface area contributed by atoms with Gasteiger partial charge in [0.25, 0.3) is 6.43 Å². The van der Waals surface area contributed by atoms with Gasteiger partial charge < -0.3 is 9.47 Å². The van der Waals surface area contributed by atoms with Gasteiger partial charge in [0.05, 0.1) is 19.8 Å². The van der Waals surface area contributed by atoms with Crippen LogP contribution >= 0.6 is 0 Å². The second-order valence-corrected chi connectivity index (χ2v) is 4.73. The second-order valence-electron chi connectivity index (χ2n) is 4.73. The minimum Gasteiger partial charge on any atom is -0.466 e. The molecule has 120 valence electrons. The third kappa shape index (κ3) is 4.64. The van der Waals surface area contributed by atoms with E-state index in [0.29, 0.717) is 0 Å². The average molecular weight is 307 g/mol. The van der Waals surface area contributed by atoms with Crippen molar-refractivity contribution in [2.75, 3.05) is 20.3 Å². The Bertz CT molecular complexity index is 402. The summed E-state index contributed by atoms with van der Waals surface area (Å²) < 4.78 is 35.2. The van der Waals surface area contributed by atoms with Gasteiger partial charge in [0.2, 0.25) is 0 Å². The highest BCUT2D eigenvalue weighted by molar-refractivity contribution is 5.96. The van der Waals surface area contributed by atoms with Crippen LogP contribution in [0.25, 0.3) is 0 Å². The van der Waals surface area contributed by atoms with Crippen molar-refractivity contribution in [3.63, 3.8) is 0 Å². The molecule has 0 aliphatic carbocycles. The van der Waals surface area contributed by atoms with E-state index in [-0.39, 0.29) is 26.0 Å². The van der Waals surface area contributed by atoms with Gasteiger partial charge in [-0.25, -0.2) is 13.6 Å². The fourth-order valence-electron chi connectivity index (χ4n) is 2.37. The number of alkyl halides is 2. The topological polar surface area (TPSA) is 72.9 Å². The number of carbonyl (C=O) groups is 3. The molecule has 1 amide bonds. The van der Waals surface area contributed by atoms with Crippen molar-refractivity contribution in [1.29, 1.82) is 0 Å². The minimum absolute atomic E-state index is 0.000905. The molecule has 1 aliphatic rings. The number of piperidine rings is 1. The highest BCUT2D eigenvalue weighted by Gasteiger charge is 2.40. The van der Waals surface area contributed by atoms with Gasteiger partial charge >= 0.3 is 12.1 Å². The quantitative estimate of drug-likeness (QED) is 0.570. The summed E-state index contributed by atoms with van der Waals surface area (Å²) >= 11 is 0. The Morgan fingerprint density at radius 2 is 2.00 bits per heavy atom. The molecule has 0 saturated carbocycles. The van der Waals surface area contributed by atoms with Crippen LogP contribution in [-0.4, -0.2) is 55.5 Å². The van der Waals surface area contributed by atoms with E-state index in [1.165, 1.54) is 0 Å². The van der Waals surface area contributed by atoms with Crippen molar-refractivity contribution in [3.8, 4) is 0 Å². The molecule has 8 heteroatoms. The lowest BCUT2D eigenvalue weighted by Gasteiger charge is -2.37. The van der Waals surface area contributed by atoms with Crippen LogP contribution < -0.4 is 0 Å². The fraction of sp³-hybridized carbons (Fsp3) is 0.769. The van der Waals surface area contributed by atoms with E-state index in [4.69, 9.17) is 0 Å². The number of ketones is 1. The lowest BCUT2D eigenvalue weighted by Crippen LogP contribution is -2.50. The molecule has 0 aromatic rings. The number of ether oxygens (including phenoxy) is 2. The number of hydrogen-bond donors (Lipinski definition) is 0. The van der Waals surface area contributed by atoms with Crippen LogP contribution in [0, 0.1) is 5.92 Å². The van der Waals surface area contributed by atoms with Crippen molar-refractivity contribution < 1.29 is 32.6 Å². The first kappa shape index (κ1) is 17.3. The third-order valence-electron chi connectivity index (χ3n) is 3.42. The summed E-state index contributed by atoms with van der Waals surface area (Å²) in [5, 5.41) is 0. The van der Waals surface area contributed by atoms with Gasteiger partial charge in [0.1, 0.15) is 12.2 Å². The maximum Gasteiger partial charge on any atom is 0.409 e. The highest BCUT2D eigenvalue weighted by atomic mass is 19.3. The summed E-state index contributed by atoms with van der Waals surface area (Å²) in [6, 6.07) is -1.37. The summed E-state index contributed by atoms with van der Waals surface area (Å²) in [6.45, 7) is 1.78. The van der Waals surface area contributed by atoms with E-state index < -0.39 is 42.7 Å². The molecule has 0 bridgehead atoms. The number of nitrogens with zero attached hydrogens (tertiary/aromatic N) is 1. The number of halogens is 2. The molecular weight excluding hydrogens is 288 g/mol. The summed E-state index contributed by atoms with van der Waals surface area (Å²) in [7, 11) is 1.11. The number of esters is 1. The van der Waals surface area contributed by atoms with Gasteiger partial charge in [0, 0.05) is 12.5 Å². The summed E-state index contributed by atoms with van der Waals surface area (Å²) in [6.07, 6.45) is -3.98. The van der Waals surface area contributed by atoms with Crippen molar-refractivity contribution in [2.45, 2.75) is 38.7 Å². The number of Topliss-reactive ketones (excluding diaryl/α,β-unsaturated/α-hetero) is 1. The second kappa shape index (κ2) is 7.90. The number of rotatable bonds is 5. The zero-order valence-electron chi connectivity index (χ0n) is 12.0. The minimum atomic E-state index is -2.78. The highest BCUT2D eigenvalue weighted by Crippen LogP contribution is 2.28. The lowest BCUT2D eigenvalue weighted by molar-refractivity contribution is -0.147. The molecular formula is C13H19F2NO5. The van der Waals surface area contributed by atoms with E-state index in [1.807, 2.05) is 0 Å². The van der Waals surface area contributed by atoms with Gasteiger partial charge in [-0.3, -0.25) is 14.5 Å². The molecule has 0 aromatic carbocycles. The van der Waals surface area contributed by atoms with E-state index in [1.54, 1.807) is 6.92 Å². The molecule has 0 aromatic heterocycles. The molecule has 1 aliphatic heterocycles. The zero-order chi connectivity index (χ0) is 16.0. The van der Waals surface area contributed by atoms with Crippen molar-refractivity contribution >= 4 is 17.8 Å². The van der Waals surface area contributed by atoms with Crippen molar-refractivity contribution in [3.05, 3.63) is 0 Å².